The van der Waals surface area contributed by atoms with E-state index in [1.54, 1.807) is 0 Å². The lowest BCUT2D eigenvalue weighted by Crippen LogP contribution is -2.43. The van der Waals surface area contributed by atoms with Crippen LogP contribution in [0.15, 0.2) is 42.5 Å². The molecule has 2 aromatic carbocycles. The van der Waals surface area contributed by atoms with Gasteiger partial charge < -0.3 is 14.8 Å². The van der Waals surface area contributed by atoms with Crippen molar-refractivity contribution in [3.05, 3.63) is 64.4 Å². The Hall–Kier alpha value is -1.33. The zero-order valence-electron chi connectivity index (χ0n) is 13.3. The molecule has 0 radical (unpaired) electrons. The highest BCUT2D eigenvalue weighted by Gasteiger charge is 2.28. The molecule has 1 unspecified atom stereocenters. The first kappa shape index (κ1) is 19.0. The van der Waals surface area contributed by atoms with E-state index < -0.39 is 0 Å². The second-order valence-corrected chi connectivity index (χ2v) is 6.05. The van der Waals surface area contributed by atoms with E-state index in [-0.39, 0.29) is 30.4 Å². The van der Waals surface area contributed by atoms with E-state index in [1.807, 2.05) is 25.1 Å². The van der Waals surface area contributed by atoms with Crippen LogP contribution in [0.4, 0.5) is 4.39 Å². The summed E-state index contributed by atoms with van der Waals surface area (Å²) >= 11 is 6.15. The third-order valence-electron chi connectivity index (χ3n) is 3.81. The fourth-order valence-corrected chi connectivity index (χ4v) is 2.85. The molecule has 130 valence electrons. The summed E-state index contributed by atoms with van der Waals surface area (Å²) in [7, 11) is 0. The van der Waals surface area contributed by atoms with Gasteiger partial charge in [0.05, 0.1) is 11.6 Å². The van der Waals surface area contributed by atoms with Crippen molar-refractivity contribution in [1.29, 1.82) is 0 Å². The number of ether oxygens (including phenoxy) is 2. The highest BCUT2D eigenvalue weighted by Crippen LogP contribution is 2.32. The molecule has 1 saturated heterocycles. The highest BCUT2D eigenvalue weighted by molar-refractivity contribution is 6.32. The van der Waals surface area contributed by atoms with Gasteiger partial charge in [-0.3, -0.25) is 0 Å². The summed E-state index contributed by atoms with van der Waals surface area (Å²) in [5.41, 5.74) is 2.12. The molecular formula is C18H20Cl2FNO2. The minimum atomic E-state index is -0.380. The third-order valence-corrected chi connectivity index (χ3v) is 4.12. The fraction of sp³-hybridized carbons (Fsp3) is 0.333. The maximum atomic E-state index is 13.5. The van der Waals surface area contributed by atoms with Gasteiger partial charge in [-0.1, -0.05) is 41.4 Å². The summed E-state index contributed by atoms with van der Waals surface area (Å²) in [5, 5.41) is 3.68. The van der Waals surface area contributed by atoms with E-state index in [4.69, 9.17) is 21.1 Å². The molecule has 3 nitrogen and oxygen atoms in total. The van der Waals surface area contributed by atoms with Crippen LogP contribution in [0.2, 0.25) is 5.02 Å². The van der Waals surface area contributed by atoms with Gasteiger partial charge in [-0.25, -0.2) is 4.39 Å². The van der Waals surface area contributed by atoms with Gasteiger partial charge in [0.2, 0.25) is 0 Å². The third kappa shape index (κ3) is 4.61. The van der Waals surface area contributed by atoms with Crippen LogP contribution in [0.1, 0.15) is 17.2 Å². The molecule has 1 N–H and O–H groups in total. The van der Waals surface area contributed by atoms with Gasteiger partial charge in [0.1, 0.15) is 17.7 Å². The van der Waals surface area contributed by atoms with Crippen LogP contribution in [-0.2, 0) is 4.74 Å². The van der Waals surface area contributed by atoms with Crippen LogP contribution in [0.5, 0.6) is 5.75 Å². The van der Waals surface area contributed by atoms with Crippen LogP contribution in [0, 0.1) is 12.7 Å². The van der Waals surface area contributed by atoms with E-state index in [0.29, 0.717) is 23.9 Å². The number of hydrogen-bond acceptors (Lipinski definition) is 3. The summed E-state index contributed by atoms with van der Waals surface area (Å²) in [6.45, 7) is 4.13. The van der Waals surface area contributed by atoms with Gasteiger partial charge in [-0.15, -0.1) is 12.4 Å². The minimum Gasteiger partial charge on any atom is -0.481 e. The van der Waals surface area contributed by atoms with Crippen molar-refractivity contribution in [1.82, 2.24) is 5.32 Å². The molecule has 2 aromatic rings. The normalized spacial score (nSPS) is 18.5. The van der Waals surface area contributed by atoms with Crippen molar-refractivity contribution in [2.24, 2.45) is 0 Å². The van der Waals surface area contributed by atoms with Gasteiger partial charge in [-0.05, 0) is 24.6 Å². The second kappa shape index (κ2) is 8.67. The van der Waals surface area contributed by atoms with Crippen molar-refractivity contribution in [2.75, 3.05) is 19.7 Å². The van der Waals surface area contributed by atoms with Crippen LogP contribution in [0.25, 0.3) is 0 Å². The molecule has 3 rings (SSSR count). The summed E-state index contributed by atoms with van der Waals surface area (Å²) in [5.74, 6) is -0.0533. The van der Waals surface area contributed by atoms with Crippen molar-refractivity contribution >= 4 is 24.0 Å². The lowest BCUT2D eigenvalue weighted by atomic mass is 10.0. The molecule has 1 aliphatic rings. The Morgan fingerprint density at radius 3 is 2.83 bits per heavy atom. The Bertz CT molecular complexity index is 678. The number of nitrogens with one attached hydrogen (secondary N) is 1. The van der Waals surface area contributed by atoms with Crippen molar-refractivity contribution < 1.29 is 13.9 Å². The van der Waals surface area contributed by atoms with Gasteiger partial charge in [-0.2, -0.15) is 0 Å². The maximum absolute atomic E-state index is 13.5. The molecule has 24 heavy (non-hydrogen) atoms. The van der Waals surface area contributed by atoms with Crippen molar-refractivity contribution in [2.45, 2.75) is 19.1 Å². The largest absolute Gasteiger partial charge is 0.481 e. The monoisotopic (exact) mass is 371 g/mol. The van der Waals surface area contributed by atoms with Crippen molar-refractivity contribution in [3.63, 3.8) is 0 Å². The first-order valence-corrected chi connectivity index (χ1v) is 8.02. The molecular weight excluding hydrogens is 352 g/mol. The quantitative estimate of drug-likeness (QED) is 0.867. The lowest BCUT2D eigenvalue weighted by molar-refractivity contribution is -0.0433. The van der Waals surface area contributed by atoms with Gasteiger partial charge in [0.15, 0.2) is 6.10 Å². The van der Waals surface area contributed by atoms with E-state index in [0.717, 1.165) is 17.7 Å². The first-order chi connectivity index (χ1) is 11.1. The number of hydrogen-bond donors (Lipinski definition) is 1. The SMILES string of the molecule is Cc1cccc(C(Oc2cc(F)ccc2Cl)[C@@H]2CNCCO2)c1.Cl. The molecule has 1 fully saturated rings. The van der Waals surface area contributed by atoms with Gasteiger partial charge in [0, 0.05) is 19.2 Å². The number of benzene rings is 2. The molecule has 1 aliphatic heterocycles. The number of aryl methyl sites for hydroxylation is 1. The topological polar surface area (TPSA) is 30.5 Å². The van der Waals surface area contributed by atoms with Crippen LogP contribution in [-0.4, -0.2) is 25.8 Å². The standard InChI is InChI=1S/C18H19ClFNO2.ClH/c1-12-3-2-4-13(9-12)18(17-11-21-7-8-22-17)23-16-10-14(20)5-6-15(16)19;/h2-6,9-10,17-18,21H,7-8,11H2,1H3;1H/t17-,18?;/m0./s1. The fourth-order valence-electron chi connectivity index (χ4n) is 2.69. The Morgan fingerprint density at radius 2 is 2.12 bits per heavy atom. The molecule has 0 aliphatic carbocycles. The Morgan fingerprint density at radius 1 is 1.29 bits per heavy atom. The first-order valence-electron chi connectivity index (χ1n) is 7.64. The molecule has 0 aromatic heterocycles. The zero-order chi connectivity index (χ0) is 16.2. The molecule has 6 heteroatoms. The summed E-state index contributed by atoms with van der Waals surface area (Å²) in [6.07, 6.45) is -0.521. The maximum Gasteiger partial charge on any atom is 0.151 e. The number of rotatable bonds is 4. The molecule has 0 spiro atoms. The molecule has 0 saturated carbocycles. The van der Waals surface area contributed by atoms with E-state index >= 15 is 0 Å². The van der Waals surface area contributed by atoms with E-state index in [2.05, 4.69) is 11.4 Å². The minimum absolute atomic E-state index is 0. The Balaban J connectivity index is 0.00000208. The summed E-state index contributed by atoms with van der Waals surface area (Å²) < 4.78 is 25.4. The smallest absolute Gasteiger partial charge is 0.151 e. The highest BCUT2D eigenvalue weighted by atomic mass is 35.5. The van der Waals surface area contributed by atoms with E-state index in [9.17, 15) is 4.39 Å². The molecule has 2 atom stereocenters. The molecule has 0 amide bonds. The van der Waals surface area contributed by atoms with Crippen molar-refractivity contribution in [3.8, 4) is 5.75 Å². The summed E-state index contributed by atoms with van der Waals surface area (Å²) in [6, 6.07) is 12.2. The Kier molecular flexibility index (Phi) is 6.87. The average Bonchev–Trinajstić information content (AvgIpc) is 2.56. The predicted molar refractivity (Wildman–Crippen MR) is 95.8 cm³/mol. The van der Waals surface area contributed by atoms with Gasteiger partial charge in [0.25, 0.3) is 0 Å². The Labute approximate surface area is 152 Å². The second-order valence-electron chi connectivity index (χ2n) is 5.64. The zero-order valence-corrected chi connectivity index (χ0v) is 14.9. The molecule has 1 heterocycles. The lowest BCUT2D eigenvalue weighted by Gasteiger charge is -2.32. The van der Waals surface area contributed by atoms with E-state index in [1.165, 1.54) is 18.2 Å². The number of morpholine rings is 1. The molecule has 0 bridgehead atoms. The average molecular weight is 372 g/mol. The van der Waals surface area contributed by atoms with Crippen LogP contribution in [0.3, 0.4) is 0 Å². The van der Waals surface area contributed by atoms with Crippen LogP contribution < -0.4 is 10.1 Å². The summed E-state index contributed by atoms with van der Waals surface area (Å²) in [4.78, 5) is 0. The predicted octanol–water partition coefficient (Wildman–Crippen LogP) is 4.32. The van der Waals surface area contributed by atoms with Crippen LogP contribution >= 0.6 is 24.0 Å². The van der Waals surface area contributed by atoms with Gasteiger partial charge >= 0.3 is 0 Å². The number of halogens is 3.